The molecule has 2 fully saturated rings. The Hall–Kier alpha value is -0.820. The maximum atomic E-state index is 9.88. The van der Waals surface area contributed by atoms with Crippen LogP contribution in [0.1, 0.15) is 53.4 Å². The molecule has 0 bridgehead atoms. The van der Waals surface area contributed by atoms with Crippen molar-refractivity contribution in [1.82, 2.24) is 0 Å². The molecule has 3 unspecified atom stereocenters. The lowest BCUT2D eigenvalue weighted by atomic mass is 9.48. The summed E-state index contributed by atoms with van der Waals surface area (Å²) in [5, 5.41) is 9.88. The van der Waals surface area contributed by atoms with E-state index in [-0.39, 0.29) is 18.9 Å². The summed E-state index contributed by atoms with van der Waals surface area (Å²) >= 11 is 0. The van der Waals surface area contributed by atoms with Crippen molar-refractivity contribution in [2.45, 2.75) is 59.5 Å². The van der Waals surface area contributed by atoms with E-state index >= 15 is 0 Å². The third kappa shape index (κ3) is 2.00. The number of aliphatic hydroxyl groups is 1. The lowest BCUT2D eigenvalue weighted by Crippen LogP contribution is -2.48. The van der Waals surface area contributed by atoms with Crippen molar-refractivity contribution in [2.75, 3.05) is 0 Å². The van der Waals surface area contributed by atoms with Crippen molar-refractivity contribution in [1.29, 1.82) is 0 Å². The van der Waals surface area contributed by atoms with Gasteiger partial charge in [0.1, 0.15) is 0 Å². The van der Waals surface area contributed by atoms with E-state index in [0.717, 1.165) is 17.8 Å². The Labute approximate surface area is 129 Å². The minimum Gasteiger partial charge on any atom is -0.385 e. The summed E-state index contributed by atoms with van der Waals surface area (Å²) in [5.74, 6) is 2.51. The molecule has 0 radical (unpaired) electrons. The van der Waals surface area contributed by atoms with Gasteiger partial charge in [0, 0.05) is 5.41 Å². The maximum Gasteiger partial charge on any atom is 0.0905 e. The van der Waals surface area contributed by atoms with Gasteiger partial charge in [-0.1, -0.05) is 57.2 Å². The first-order valence-electron chi connectivity index (χ1n) is 8.29. The van der Waals surface area contributed by atoms with Crippen LogP contribution < -0.4 is 0 Å². The van der Waals surface area contributed by atoms with Crippen molar-refractivity contribution < 1.29 is 5.11 Å². The number of hydrogen-bond acceptors (Lipinski definition) is 1. The molecular formula is C20H30O. The van der Waals surface area contributed by atoms with Crippen molar-refractivity contribution in [2.24, 2.45) is 28.6 Å². The normalized spacial score (nSPS) is 50.5. The Bertz CT molecular complexity index is 514. The molecule has 4 aliphatic rings. The molecule has 4 rings (SSSR count). The molecule has 1 N–H and O–H groups in total. The first kappa shape index (κ1) is 15.1. The molecule has 1 nitrogen and oxygen atoms in total. The van der Waals surface area contributed by atoms with Crippen molar-refractivity contribution >= 4 is 0 Å². The highest BCUT2D eigenvalue weighted by atomic mass is 16.3. The zero-order valence-corrected chi connectivity index (χ0v) is 12.7. The van der Waals surface area contributed by atoms with Gasteiger partial charge in [-0.3, -0.25) is 0 Å². The molecule has 1 heteroatoms. The highest BCUT2D eigenvalue weighted by Crippen LogP contribution is 2.62. The fourth-order valence-corrected chi connectivity index (χ4v) is 5.80. The standard InChI is InChI=1S/C19H26O.CH4/c1-18-9-3-4-16(18)15-6-5-13-12-14(20)7-11-19(13,2)17(15)8-10-18;/h3,7,9,11-12,14-17,20H,4-6,8,10H2,1-2H3;1H4/t14-,15?,16?,17?,18-,19-;/m0./s1. The number of aliphatic hydroxyl groups excluding tert-OH is 1. The zero-order chi connectivity index (χ0) is 14.0. The second-order valence-corrected chi connectivity index (χ2v) is 7.92. The van der Waals surface area contributed by atoms with Crippen LogP contribution >= 0.6 is 0 Å². The highest BCUT2D eigenvalue weighted by Gasteiger charge is 2.54. The molecule has 0 amide bonds. The lowest BCUT2D eigenvalue weighted by molar-refractivity contribution is -0.00292. The van der Waals surface area contributed by atoms with E-state index < -0.39 is 0 Å². The molecule has 0 aliphatic heterocycles. The maximum absolute atomic E-state index is 9.88. The molecule has 116 valence electrons. The van der Waals surface area contributed by atoms with Crippen molar-refractivity contribution in [3.05, 3.63) is 36.0 Å². The van der Waals surface area contributed by atoms with Gasteiger partial charge >= 0.3 is 0 Å². The lowest BCUT2D eigenvalue weighted by Gasteiger charge is -2.56. The third-order valence-electron chi connectivity index (χ3n) is 6.98. The van der Waals surface area contributed by atoms with Crippen LogP contribution in [0.3, 0.4) is 0 Å². The van der Waals surface area contributed by atoms with Gasteiger partial charge < -0.3 is 5.11 Å². The van der Waals surface area contributed by atoms with E-state index in [0.29, 0.717) is 5.41 Å². The van der Waals surface area contributed by atoms with Crippen molar-refractivity contribution in [3.63, 3.8) is 0 Å². The molecule has 0 heterocycles. The van der Waals surface area contributed by atoms with Gasteiger partial charge in [-0.2, -0.15) is 0 Å². The molecular weight excluding hydrogens is 256 g/mol. The Kier molecular flexibility index (Phi) is 3.48. The summed E-state index contributed by atoms with van der Waals surface area (Å²) in [5.41, 5.74) is 2.19. The first-order chi connectivity index (χ1) is 9.53. The van der Waals surface area contributed by atoms with Gasteiger partial charge in [-0.05, 0) is 55.3 Å². The second-order valence-electron chi connectivity index (χ2n) is 7.92. The van der Waals surface area contributed by atoms with Crippen LogP contribution in [0.25, 0.3) is 0 Å². The Morgan fingerprint density at radius 2 is 1.95 bits per heavy atom. The molecule has 0 aromatic rings. The summed E-state index contributed by atoms with van der Waals surface area (Å²) in [6, 6.07) is 0. The molecule has 0 aromatic heterocycles. The quantitative estimate of drug-likeness (QED) is 0.629. The van der Waals surface area contributed by atoms with E-state index in [1.54, 1.807) is 0 Å². The van der Waals surface area contributed by atoms with Crippen LogP contribution in [0.4, 0.5) is 0 Å². The smallest absolute Gasteiger partial charge is 0.0905 e. The SMILES string of the molecule is C.C[C@@]12C=CCC1C1CCC3=C[C@@H](O)C=C[C@]3(C)C1CC2. The molecule has 0 spiro atoms. The number of hydrogen-bond donors (Lipinski definition) is 1. The summed E-state index contributed by atoms with van der Waals surface area (Å²) < 4.78 is 0. The second kappa shape index (κ2) is 4.84. The predicted octanol–water partition coefficient (Wildman–Crippen LogP) is 4.89. The zero-order valence-electron chi connectivity index (χ0n) is 12.7. The van der Waals surface area contributed by atoms with E-state index in [1.807, 2.05) is 6.08 Å². The fourth-order valence-electron chi connectivity index (χ4n) is 5.80. The van der Waals surface area contributed by atoms with Crippen molar-refractivity contribution in [3.8, 4) is 0 Å². The van der Waals surface area contributed by atoms with Crippen LogP contribution in [0.5, 0.6) is 0 Å². The average Bonchev–Trinajstić information content (AvgIpc) is 2.81. The van der Waals surface area contributed by atoms with Crippen LogP contribution in [0.15, 0.2) is 36.0 Å². The average molecular weight is 286 g/mol. The van der Waals surface area contributed by atoms with Crippen LogP contribution in [-0.2, 0) is 0 Å². The minimum atomic E-state index is -0.350. The topological polar surface area (TPSA) is 20.2 Å². The third-order valence-corrected chi connectivity index (χ3v) is 6.98. The van der Waals surface area contributed by atoms with E-state index in [9.17, 15) is 5.11 Å². The van der Waals surface area contributed by atoms with E-state index in [1.165, 1.54) is 37.7 Å². The molecule has 21 heavy (non-hydrogen) atoms. The summed E-state index contributed by atoms with van der Waals surface area (Å²) in [7, 11) is 0. The Balaban J connectivity index is 0.00000132. The van der Waals surface area contributed by atoms with Gasteiger partial charge in [0.2, 0.25) is 0 Å². The van der Waals surface area contributed by atoms with Gasteiger partial charge in [0.15, 0.2) is 0 Å². The molecule has 0 saturated heterocycles. The van der Waals surface area contributed by atoms with Crippen LogP contribution in [0, 0.1) is 28.6 Å². The monoisotopic (exact) mass is 286 g/mol. The summed E-state index contributed by atoms with van der Waals surface area (Å²) in [6.07, 6.45) is 17.5. The van der Waals surface area contributed by atoms with Gasteiger partial charge in [0.05, 0.1) is 6.10 Å². The fraction of sp³-hybridized carbons (Fsp3) is 0.700. The highest BCUT2D eigenvalue weighted by molar-refractivity contribution is 5.34. The van der Waals surface area contributed by atoms with Gasteiger partial charge in [0.25, 0.3) is 0 Å². The van der Waals surface area contributed by atoms with Crippen LogP contribution in [-0.4, -0.2) is 11.2 Å². The van der Waals surface area contributed by atoms with E-state index in [2.05, 4.69) is 38.2 Å². The van der Waals surface area contributed by atoms with Crippen LogP contribution in [0.2, 0.25) is 0 Å². The van der Waals surface area contributed by atoms with Gasteiger partial charge in [-0.25, -0.2) is 0 Å². The number of fused-ring (bicyclic) bond motifs is 5. The summed E-state index contributed by atoms with van der Waals surface area (Å²) in [4.78, 5) is 0. The Morgan fingerprint density at radius 1 is 1.14 bits per heavy atom. The molecule has 2 saturated carbocycles. The predicted molar refractivity (Wildman–Crippen MR) is 88.9 cm³/mol. The molecule has 4 aliphatic carbocycles. The number of allylic oxidation sites excluding steroid dienone is 4. The first-order valence-corrected chi connectivity index (χ1v) is 8.29. The largest absolute Gasteiger partial charge is 0.385 e. The minimum absolute atomic E-state index is 0. The molecule has 6 atom stereocenters. The summed E-state index contributed by atoms with van der Waals surface area (Å²) in [6.45, 7) is 4.90. The van der Waals surface area contributed by atoms with Gasteiger partial charge in [-0.15, -0.1) is 0 Å². The van der Waals surface area contributed by atoms with E-state index in [4.69, 9.17) is 0 Å². The number of rotatable bonds is 0. The Morgan fingerprint density at radius 3 is 2.76 bits per heavy atom. The molecule has 0 aromatic carbocycles.